The summed E-state index contributed by atoms with van der Waals surface area (Å²) >= 11 is 0. The molecule has 0 atom stereocenters. The minimum atomic E-state index is -0.942. The van der Waals surface area contributed by atoms with Crippen molar-refractivity contribution in [2.45, 2.75) is 39.0 Å². The van der Waals surface area contributed by atoms with E-state index in [4.69, 9.17) is 9.84 Å². The smallest absolute Gasteiger partial charge is 0.328 e. The molecule has 0 aromatic heterocycles. The fraction of sp³-hybridized carbons (Fsp3) is 0.438. The van der Waals surface area contributed by atoms with Crippen LogP contribution in [0.15, 0.2) is 24.3 Å². The van der Waals surface area contributed by atoms with Gasteiger partial charge in [-0.25, -0.2) is 4.79 Å². The van der Waals surface area contributed by atoms with Crippen LogP contribution in [0.2, 0.25) is 0 Å². The highest BCUT2D eigenvalue weighted by molar-refractivity contribution is 5.85. The molecule has 0 aliphatic rings. The third-order valence-electron chi connectivity index (χ3n) is 3.03. The standard InChI is InChI=1S/C16H22O3/c1-3-4-5-6-7-14-10-8-13(9-11-16(17)18)12-15(14)19-2/h8-12H,3-7H2,1-2H3,(H,17,18). The number of carboxylic acid groups (broad SMARTS) is 1. The number of aliphatic carboxylic acids is 1. The normalized spacial score (nSPS) is 10.8. The van der Waals surface area contributed by atoms with Crippen LogP contribution in [0.3, 0.4) is 0 Å². The van der Waals surface area contributed by atoms with Gasteiger partial charge >= 0.3 is 5.97 Å². The number of hydrogen-bond acceptors (Lipinski definition) is 2. The summed E-state index contributed by atoms with van der Waals surface area (Å²) in [6.45, 7) is 2.20. The largest absolute Gasteiger partial charge is 0.496 e. The van der Waals surface area contributed by atoms with E-state index < -0.39 is 5.97 Å². The molecular formula is C16H22O3. The fourth-order valence-electron chi connectivity index (χ4n) is 1.98. The lowest BCUT2D eigenvalue weighted by molar-refractivity contribution is -0.131. The van der Waals surface area contributed by atoms with Crippen LogP contribution in [0.5, 0.6) is 5.75 Å². The fourth-order valence-corrected chi connectivity index (χ4v) is 1.98. The van der Waals surface area contributed by atoms with Gasteiger partial charge in [-0.05, 0) is 36.1 Å². The van der Waals surface area contributed by atoms with Crippen LogP contribution in [-0.2, 0) is 11.2 Å². The number of hydrogen-bond donors (Lipinski definition) is 1. The zero-order chi connectivity index (χ0) is 14.1. The molecule has 0 radical (unpaired) electrons. The molecule has 0 bridgehead atoms. The van der Waals surface area contributed by atoms with Crippen LogP contribution in [-0.4, -0.2) is 18.2 Å². The monoisotopic (exact) mass is 262 g/mol. The van der Waals surface area contributed by atoms with Gasteiger partial charge in [-0.2, -0.15) is 0 Å². The predicted octanol–water partition coefficient (Wildman–Crippen LogP) is 3.92. The molecule has 0 aliphatic heterocycles. The zero-order valence-corrected chi connectivity index (χ0v) is 11.7. The molecule has 0 saturated carbocycles. The van der Waals surface area contributed by atoms with Gasteiger partial charge in [0, 0.05) is 6.08 Å². The molecule has 0 spiro atoms. The molecule has 0 saturated heterocycles. The van der Waals surface area contributed by atoms with E-state index in [2.05, 4.69) is 6.92 Å². The highest BCUT2D eigenvalue weighted by Crippen LogP contribution is 2.23. The number of carbonyl (C=O) groups is 1. The third-order valence-corrected chi connectivity index (χ3v) is 3.03. The first kappa shape index (κ1) is 15.3. The van der Waals surface area contributed by atoms with E-state index in [1.54, 1.807) is 13.2 Å². The summed E-state index contributed by atoms with van der Waals surface area (Å²) in [6.07, 6.45) is 8.61. The topological polar surface area (TPSA) is 46.5 Å². The number of benzene rings is 1. The van der Waals surface area contributed by atoms with Crippen molar-refractivity contribution in [3.8, 4) is 5.75 Å². The van der Waals surface area contributed by atoms with Crippen LogP contribution in [0.25, 0.3) is 6.08 Å². The summed E-state index contributed by atoms with van der Waals surface area (Å²) in [7, 11) is 1.65. The van der Waals surface area contributed by atoms with Crippen molar-refractivity contribution >= 4 is 12.0 Å². The minimum absolute atomic E-state index is 0.837. The first-order valence-corrected chi connectivity index (χ1v) is 6.75. The Balaban J connectivity index is 2.70. The first-order valence-electron chi connectivity index (χ1n) is 6.75. The third kappa shape index (κ3) is 5.60. The van der Waals surface area contributed by atoms with Gasteiger partial charge in [-0.1, -0.05) is 38.3 Å². The maximum Gasteiger partial charge on any atom is 0.328 e. The highest BCUT2D eigenvalue weighted by atomic mass is 16.5. The molecule has 0 unspecified atom stereocenters. The molecule has 1 aromatic rings. The molecule has 3 heteroatoms. The number of ether oxygens (including phenoxy) is 1. The maximum atomic E-state index is 10.5. The lowest BCUT2D eigenvalue weighted by Crippen LogP contribution is -1.94. The van der Waals surface area contributed by atoms with Crippen LogP contribution in [0.1, 0.15) is 43.7 Å². The van der Waals surface area contributed by atoms with E-state index in [-0.39, 0.29) is 0 Å². The van der Waals surface area contributed by atoms with Crippen molar-refractivity contribution < 1.29 is 14.6 Å². The second-order valence-electron chi connectivity index (χ2n) is 4.55. The van der Waals surface area contributed by atoms with Gasteiger partial charge in [0.05, 0.1) is 7.11 Å². The Morgan fingerprint density at radius 1 is 1.32 bits per heavy atom. The van der Waals surface area contributed by atoms with Crippen LogP contribution >= 0.6 is 0 Å². The number of unbranched alkanes of at least 4 members (excludes halogenated alkanes) is 3. The first-order chi connectivity index (χ1) is 9.17. The second-order valence-corrected chi connectivity index (χ2v) is 4.55. The molecule has 0 amide bonds. The van der Waals surface area contributed by atoms with Crippen LogP contribution in [0, 0.1) is 0 Å². The number of rotatable bonds is 8. The van der Waals surface area contributed by atoms with Gasteiger partial charge in [0.2, 0.25) is 0 Å². The molecule has 1 N–H and O–H groups in total. The van der Waals surface area contributed by atoms with Crippen molar-refractivity contribution in [3.63, 3.8) is 0 Å². The Morgan fingerprint density at radius 3 is 2.74 bits per heavy atom. The van der Waals surface area contributed by atoms with E-state index in [0.29, 0.717) is 0 Å². The quantitative estimate of drug-likeness (QED) is 0.570. The molecule has 19 heavy (non-hydrogen) atoms. The van der Waals surface area contributed by atoms with Crippen LogP contribution in [0.4, 0.5) is 0 Å². The number of aryl methyl sites for hydroxylation is 1. The summed E-state index contributed by atoms with van der Waals surface area (Å²) in [6, 6.07) is 5.83. The summed E-state index contributed by atoms with van der Waals surface area (Å²) in [5.74, 6) is -0.105. The lowest BCUT2D eigenvalue weighted by Gasteiger charge is -2.09. The van der Waals surface area contributed by atoms with E-state index in [0.717, 1.165) is 30.2 Å². The van der Waals surface area contributed by atoms with Gasteiger partial charge in [-0.3, -0.25) is 0 Å². The van der Waals surface area contributed by atoms with Crippen molar-refractivity contribution in [1.82, 2.24) is 0 Å². The summed E-state index contributed by atoms with van der Waals surface area (Å²) in [5.41, 5.74) is 2.03. The molecule has 0 aliphatic carbocycles. The molecule has 3 nitrogen and oxygen atoms in total. The molecule has 104 valence electrons. The summed E-state index contributed by atoms with van der Waals surface area (Å²) in [5, 5.41) is 8.60. The summed E-state index contributed by atoms with van der Waals surface area (Å²) in [4.78, 5) is 10.5. The van der Waals surface area contributed by atoms with Crippen molar-refractivity contribution in [1.29, 1.82) is 0 Å². The van der Waals surface area contributed by atoms with Gasteiger partial charge in [0.15, 0.2) is 0 Å². The highest BCUT2D eigenvalue weighted by Gasteiger charge is 2.03. The van der Waals surface area contributed by atoms with Crippen LogP contribution < -0.4 is 4.74 Å². The minimum Gasteiger partial charge on any atom is -0.496 e. The Kier molecular flexibility index (Phi) is 6.72. The van der Waals surface area contributed by atoms with E-state index in [1.165, 1.54) is 24.8 Å². The second kappa shape index (κ2) is 8.35. The predicted molar refractivity (Wildman–Crippen MR) is 77.5 cm³/mol. The van der Waals surface area contributed by atoms with E-state index in [1.807, 2.05) is 18.2 Å². The van der Waals surface area contributed by atoms with Crippen molar-refractivity contribution in [3.05, 3.63) is 35.4 Å². The Morgan fingerprint density at radius 2 is 2.11 bits per heavy atom. The molecule has 1 rings (SSSR count). The van der Waals surface area contributed by atoms with Crippen molar-refractivity contribution in [2.24, 2.45) is 0 Å². The summed E-state index contributed by atoms with van der Waals surface area (Å²) < 4.78 is 5.37. The molecular weight excluding hydrogens is 240 g/mol. The average Bonchev–Trinajstić information content (AvgIpc) is 2.42. The van der Waals surface area contributed by atoms with E-state index >= 15 is 0 Å². The number of carboxylic acids is 1. The van der Waals surface area contributed by atoms with Gasteiger partial charge in [-0.15, -0.1) is 0 Å². The Bertz CT molecular complexity index is 436. The molecule has 0 heterocycles. The zero-order valence-electron chi connectivity index (χ0n) is 11.7. The average molecular weight is 262 g/mol. The van der Waals surface area contributed by atoms with Gasteiger partial charge in [0.25, 0.3) is 0 Å². The molecule has 0 fully saturated rings. The SMILES string of the molecule is CCCCCCc1ccc(C=CC(=O)O)cc1OC. The van der Waals surface area contributed by atoms with Gasteiger partial charge < -0.3 is 9.84 Å². The maximum absolute atomic E-state index is 10.5. The van der Waals surface area contributed by atoms with Crippen molar-refractivity contribution in [2.75, 3.05) is 7.11 Å². The molecule has 1 aromatic carbocycles. The number of methoxy groups -OCH3 is 1. The van der Waals surface area contributed by atoms with Gasteiger partial charge in [0.1, 0.15) is 5.75 Å². The van der Waals surface area contributed by atoms with E-state index in [9.17, 15) is 4.79 Å². The Labute approximate surface area is 114 Å². The Hall–Kier alpha value is -1.77. The lowest BCUT2D eigenvalue weighted by atomic mass is 10.0.